The van der Waals surface area contributed by atoms with Crippen molar-refractivity contribution in [2.75, 3.05) is 12.4 Å². The SMILES string of the molecule is C=C(Nc1cncc(-c2ccc3[nH]nc(-c4nc5c(-c6cc(F)cc(CNC)c6)nccc5[nH]4)c3c2F)c1)c1ccccc1.C=C=C.CC. The van der Waals surface area contributed by atoms with Crippen LogP contribution in [0.1, 0.15) is 25.0 Å². The first kappa shape index (κ1) is 34.1. The normalized spacial score (nSPS) is 10.5. The zero-order valence-corrected chi connectivity index (χ0v) is 27.5. The minimum atomic E-state index is -0.465. The van der Waals surface area contributed by atoms with Crippen LogP contribution in [0.3, 0.4) is 0 Å². The third-order valence-corrected chi connectivity index (χ3v) is 7.37. The molecule has 0 aliphatic rings. The second-order valence-corrected chi connectivity index (χ2v) is 10.6. The summed E-state index contributed by atoms with van der Waals surface area (Å²) in [6.07, 6.45) is 4.91. The molecular weight excluding hydrogens is 618 g/mol. The second-order valence-electron chi connectivity index (χ2n) is 10.6. The van der Waals surface area contributed by atoms with Crippen LogP contribution >= 0.6 is 0 Å². The summed E-state index contributed by atoms with van der Waals surface area (Å²) in [7, 11) is 1.80. The van der Waals surface area contributed by atoms with Gasteiger partial charge >= 0.3 is 0 Å². The van der Waals surface area contributed by atoms with Crippen molar-refractivity contribution in [2.45, 2.75) is 20.4 Å². The van der Waals surface area contributed by atoms with E-state index >= 15 is 4.39 Å². The molecule has 4 N–H and O–H groups in total. The smallest absolute Gasteiger partial charge is 0.159 e. The minimum Gasteiger partial charge on any atom is -0.354 e. The van der Waals surface area contributed by atoms with E-state index in [0.717, 1.165) is 11.1 Å². The summed E-state index contributed by atoms with van der Waals surface area (Å²) in [5.41, 5.74) is 9.42. The monoisotopic (exact) mass is 654 g/mol. The van der Waals surface area contributed by atoms with Gasteiger partial charge in [0, 0.05) is 41.3 Å². The number of hydrogen-bond acceptors (Lipinski definition) is 6. The molecule has 0 unspecified atom stereocenters. The Kier molecular flexibility index (Phi) is 10.9. The number of nitrogens with zero attached hydrogens (tertiary/aromatic N) is 4. The number of rotatable bonds is 8. The Morgan fingerprint density at radius 1 is 0.898 bits per heavy atom. The number of hydrogen-bond donors (Lipinski definition) is 4. The van der Waals surface area contributed by atoms with Crippen molar-refractivity contribution in [3.63, 3.8) is 0 Å². The van der Waals surface area contributed by atoms with E-state index in [1.165, 1.54) is 12.1 Å². The van der Waals surface area contributed by atoms with Gasteiger partial charge in [-0.2, -0.15) is 5.10 Å². The molecule has 0 atom stereocenters. The van der Waals surface area contributed by atoms with E-state index in [9.17, 15) is 4.39 Å². The minimum absolute atomic E-state index is 0.283. The van der Waals surface area contributed by atoms with E-state index in [4.69, 9.17) is 4.98 Å². The van der Waals surface area contributed by atoms with Crippen LogP contribution in [0, 0.1) is 11.6 Å². The van der Waals surface area contributed by atoms with Gasteiger partial charge in [-0.3, -0.25) is 15.1 Å². The van der Waals surface area contributed by atoms with Gasteiger partial charge in [-0.1, -0.05) is 63.9 Å². The van der Waals surface area contributed by atoms with E-state index in [0.29, 0.717) is 68.4 Å². The van der Waals surface area contributed by atoms with Crippen LogP contribution in [0.15, 0.2) is 117 Å². The zero-order chi connectivity index (χ0) is 34.9. The van der Waals surface area contributed by atoms with Gasteiger partial charge in [0.25, 0.3) is 0 Å². The Balaban J connectivity index is 0.000000889. The molecule has 0 amide bonds. The van der Waals surface area contributed by atoms with Crippen molar-refractivity contribution in [1.29, 1.82) is 0 Å². The fraction of sp³-hybridized carbons (Fsp3) is 0.103. The topological polar surface area (TPSA) is 107 Å². The van der Waals surface area contributed by atoms with E-state index in [2.05, 4.69) is 61.3 Å². The number of imidazole rings is 1. The number of aromatic amines is 2. The molecule has 0 bridgehead atoms. The van der Waals surface area contributed by atoms with Gasteiger partial charge in [0.15, 0.2) is 5.82 Å². The van der Waals surface area contributed by atoms with Crippen molar-refractivity contribution >= 4 is 33.3 Å². The number of H-pyrrole nitrogens is 2. The molecule has 49 heavy (non-hydrogen) atoms. The van der Waals surface area contributed by atoms with Crippen molar-refractivity contribution in [3.8, 4) is 33.9 Å². The van der Waals surface area contributed by atoms with E-state index in [1.54, 1.807) is 43.8 Å². The number of fused-ring (bicyclic) bond motifs is 2. The molecule has 4 heterocycles. The maximum absolute atomic E-state index is 16.3. The molecule has 0 spiro atoms. The Morgan fingerprint density at radius 3 is 2.43 bits per heavy atom. The summed E-state index contributed by atoms with van der Waals surface area (Å²) in [6, 6.07) is 21.6. The zero-order valence-electron chi connectivity index (χ0n) is 27.5. The lowest BCUT2D eigenvalue weighted by Crippen LogP contribution is -2.05. The maximum atomic E-state index is 16.3. The molecular formula is C39H36F2N8. The molecule has 7 aromatic rings. The summed E-state index contributed by atoms with van der Waals surface area (Å²) >= 11 is 0. The van der Waals surface area contributed by atoms with Crippen molar-refractivity contribution in [3.05, 3.63) is 140 Å². The molecule has 4 aromatic heterocycles. The maximum Gasteiger partial charge on any atom is 0.159 e. The summed E-state index contributed by atoms with van der Waals surface area (Å²) < 4.78 is 30.8. The molecule has 3 aromatic carbocycles. The van der Waals surface area contributed by atoms with Gasteiger partial charge in [0.05, 0.1) is 34.0 Å². The number of pyridine rings is 2. The lowest BCUT2D eigenvalue weighted by molar-refractivity contribution is 0.624. The Morgan fingerprint density at radius 2 is 1.67 bits per heavy atom. The van der Waals surface area contributed by atoms with Gasteiger partial charge in [-0.15, -0.1) is 5.73 Å². The fourth-order valence-corrected chi connectivity index (χ4v) is 5.36. The third-order valence-electron chi connectivity index (χ3n) is 7.37. The largest absolute Gasteiger partial charge is 0.354 e. The van der Waals surface area contributed by atoms with Crippen LogP contribution in [0.25, 0.3) is 61.5 Å². The van der Waals surface area contributed by atoms with Crippen LogP contribution in [-0.4, -0.2) is 37.2 Å². The molecule has 0 aliphatic heterocycles. The van der Waals surface area contributed by atoms with Gasteiger partial charge in [-0.05, 0) is 60.6 Å². The highest BCUT2D eigenvalue weighted by atomic mass is 19.1. The molecule has 0 fully saturated rings. The highest BCUT2D eigenvalue weighted by Crippen LogP contribution is 2.36. The number of anilines is 1. The highest BCUT2D eigenvalue weighted by molar-refractivity contribution is 5.98. The van der Waals surface area contributed by atoms with Crippen LogP contribution in [0.5, 0.6) is 0 Å². The summed E-state index contributed by atoms with van der Waals surface area (Å²) in [5.74, 6) is -0.475. The van der Waals surface area contributed by atoms with E-state index in [1.807, 2.05) is 56.3 Å². The molecule has 7 rings (SSSR count). The first-order valence-corrected chi connectivity index (χ1v) is 15.6. The average Bonchev–Trinajstić information content (AvgIpc) is 3.75. The van der Waals surface area contributed by atoms with Crippen molar-refractivity contribution in [2.24, 2.45) is 0 Å². The average molecular weight is 655 g/mol. The summed E-state index contributed by atoms with van der Waals surface area (Å²) in [5, 5.41) is 13.9. The third kappa shape index (κ3) is 7.36. The summed E-state index contributed by atoms with van der Waals surface area (Å²) in [4.78, 5) is 16.9. The lowest BCUT2D eigenvalue weighted by Gasteiger charge is -2.11. The van der Waals surface area contributed by atoms with Crippen molar-refractivity contribution < 1.29 is 8.78 Å². The lowest BCUT2D eigenvalue weighted by atomic mass is 10.0. The van der Waals surface area contributed by atoms with Crippen LogP contribution in [-0.2, 0) is 6.54 Å². The fourth-order valence-electron chi connectivity index (χ4n) is 5.36. The molecule has 246 valence electrons. The second kappa shape index (κ2) is 15.6. The molecule has 0 radical (unpaired) electrons. The first-order valence-electron chi connectivity index (χ1n) is 15.6. The molecule has 0 saturated heterocycles. The quantitative estimate of drug-likeness (QED) is 0.122. The number of halogens is 2. The molecule has 0 aliphatic carbocycles. The van der Waals surface area contributed by atoms with Crippen LogP contribution in [0.4, 0.5) is 14.5 Å². The van der Waals surface area contributed by atoms with Gasteiger partial charge < -0.3 is 15.6 Å². The Hall–Kier alpha value is -6.22. The standard InChI is InChI=1S/C34H26F2N8.C3H4.C2H6/c1-19(21-6-4-3-5-7-21)40-25-15-23(17-38-18-25)26-8-9-27-29(30(26)36)33(44-43-27)34-41-28-10-11-39-31(32(28)42-34)22-12-20(16-37-2)13-24(35)14-22;1-3-2;1-2/h3-15,17-18,37,40H,1,16H2,2H3,(H,41,42)(H,43,44);1-2H2;1-2H3. The van der Waals surface area contributed by atoms with E-state index in [-0.39, 0.29) is 11.2 Å². The van der Waals surface area contributed by atoms with Crippen LogP contribution < -0.4 is 10.6 Å². The Labute approximate surface area is 283 Å². The Bertz CT molecular complexity index is 2260. The van der Waals surface area contributed by atoms with Gasteiger partial charge in [-0.25, -0.2) is 13.8 Å². The van der Waals surface area contributed by atoms with Crippen LogP contribution in [0.2, 0.25) is 0 Å². The first-order chi connectivity index (χ1) is 23.9. The predicted octanol–water partition coefficient (Wildman–Crippen LogP) is 9.29. The predicted molar refractivity (Wildman–Crippen MR) is 196 cm³/mol. The van der Waals surface area contributed by atoms with Gasteiger partial charge in [0.1, 0.15) is 22.8 Å². The summed E-state index contributed by atoms with van der Waals surface area (Å²) in [6.45, 7) is 14.9. The van der Waals surface area contributed by atoms with E-state index < -0.39 is 5.82 Å². The molecule has 8 nitrogen and oxygen atoms in total. The number of benzene rings is 3. The van der Waals surface area contributed by atoms with Crippen molar-refractivity contribution in [1.82, 2.24) is 35.5 Å². The molecule has 10 heteroatoms. The van der Waals surface area contributed by atoms with Gasteiger partial charge in [0.2, 0.25) is 0 Å². The number of aromatic nitrogens is 6. The number of nitrogens with one attached hydrogen (secondary N) is 4. The highest BCUT2D eigenvalue weighted by Gasteiger charge is 2.21. The molecule has 0 saturated carbocycles.